The van der Waals surface area contributed by atoms with Gasteiger partial charge in [0.15, 0.2) is 6.10 Å². The summed E-state index contributed by atoms with van der Waals surface area (Å²) in [5, 5.41) is 0. The minimum atomic E-state index is -0.873. The molecule has 1 amide bonds. The van der Waals surface area contributed by atoms with E-state index in [4.69, 9.17) is 14.2 Å². The Morgan fingerprint density at radius 1 is 1.15 bits per heavy atom. The first-order valence-electron chi connectivity index (χ1n) is 8.79. The van der Waals surface area contributed by atoms with Crippen LogP contribution in [0.15, 0.2) is 42.5 Å². The van der Waals surface area contributed by atoms with Gasteiger partial charge in [-0.1, -0.05) is 18.2 Å². The summed E-state index contributed by atoms with van der Waals surface area (Å²) in [5.74, 6) is 0.318. The summed E-state index contributed by atoms with van der Waals surface area (Å²) in [6, 6.07) is 12.8. The van der Waals surface area contributed by atoms with E-state index < -0.39 is 18.2 Å². The van der Waals surface area contributed by atoms with Crippen LogP contribution in [-0.4, -0.2) is 37.7 Å². The number of carbonyl (C=O) groups excluding carboxylic acids is 2. The molecule has 0 spiro atoms. The molecule has 1 heterocycles. The average molecular weight is 369 g/mol. The smallest absolute Gasteiger partial charge is 0.348 e. The summed E-state index contributed by atoms with van der Waals surface area (Å²) in [6.45, 7) is 5.78. The molecule has 0 unspecified atom stereocenters. The van der Waals surface area contributed by atoms with E-state index in [0.29, 0.717) is 17.2 Å². The molecule has 1 aliphatic rings. The van der Waals surface area contributed by atoms with Gasteiger partial charge in [0.25, 0.3) is 5.91 Å². The maximum atomic E-state index is 13.1. The molecule has 0 saturated carbocycles. The van der Waals surface area contributed by atoms with Crippen molar-refractivity contribution in [2.75, 3.05) is 18.6 Å². The number of rotatable bonds is 4. The molecule has 0 aliphatic carbocycles. The van der Waals surface area contributed by atoms with Crippen LogP contribution >= 0.6 is 0 Å². The van der Waals surface area contributed by atoms with Gasteiger partial charge in [0, 0.05) is 0 Å². The van der Waals surface area contributed by atoms with E-state index in [1.807, 2.05) is 38.1 Å². The molecule has 2 atom stereocenters. The van der Waals surface area contributed by atoms with E-state index in [2.05, 4.69) is 0 Å². The van der Waals surface area contributed by atoms with Crippen LogP contribution in [0.5, 0.6) is 11.5 Å². The molecular weight excluding hydrogens is 346 g/mol. The number of anilines is 1. The number of ether oxygens (including phenoxy) is 3. The summed E-state index contributed by atoms with van der Waals surface area (Å²) >= 11 is 0. The fraction of sp³-hybridized carbons (Fsp3) is 0.333. The zero-order chi connectivity index (χ0) is 19.6. The number of methoxy groups -OCH3 is 1. The molecule has 2 aromatic carbocycles. The highest BCUT2D eigenvalue weighted by Gasteiger charge is 2.36. The molecule has 6 nitrogen and oxygen atoms in total. The van der Waals surface area contributed by atoms with Gasteiger partial charge in [-0.05, 0) is 56.2 Å². The molecule has 0 aromatic heterocycles. The minimum absolute atomic E-state index is 0.0726. The molecule has 0 saturated heterocycles. The van der Waals surface area contributed by atoms with E-state index in [-0.39, 0.29) is 12.5 Å². The topological polar surface area (TPSA) is 65.1 Å². The molecule has 0 bridgehead atoms. The summed E-state index contributed by atoms with van der Waals surface area (Å²) in [6.07, 6.45) is -1.60. The second kappa shape index (κ2) is 7.70. The Bertz CT molecular complexity index is 863. The third kappa shape index (κ3) is 3.89. The van der Waals surface area contributed by atoms with Crippen molar-refractivity contribution < 1.29 is 23.8 Å². The number of fused-ring (bicyclic) bond motifs is 1. The summed E-state index contributed by atoms with van der Waals surface area (Å²) in [5.41, 5.74) is 2.86. The Kier molecular flexibility index (Phi) is 5.35. The Balaban J connectivity index is 1.83. The molecule has 0 radical (unpaired) electrons. The molecule has 142 valence electrons. The predicted molar refractivity (Wildman–Crippen MR) is 101 cm³/mol. The van der Waals surface area contributed by atoms with Crippen LogP contribution in [-0.2, 0) is 14.3 Å². The van der Waals surface area contributed by atoms with E-state index in [9.17, 15) is 9.59 Å². The van der Waals surface area contributed by atoms with Gasteiger partial charge in [-0.15, -0.1) is 0 Å². The third-order valence-corrected chi connectivity index (χ3v) is 4.64. The number of para-hydroxylation sites is 2. The molecule has 0 fully saturated rings. The van der Waals surface area contributed by atoms with E-state index in [1.54, 1.807) is 25.1 Å². The quantitative estimate of drug-likeness (QED) is 0.775. The number of esters is 1. The highest BCUT2D eigenvalue weighted by atomic mass is 16.6. The van der Waals surface area contributed by atoms with Crippen molar-refractivity contribution in [2.45, 2.75) is 33.0 Å². The lowest BCUT2D eigenvalue weighted by Crippen LogP contribution is -2.51. The molecule has 0 N–H and O–H groups in total. The maximum absolute atomic E-state index is 13.1. The molecule has 6 heteroatoms. The Labute approximate surface area is 158 Å². The van der Waals surface area contributed by atoms with Gasteiger partial charge in [0.05, 0.1) is 19.3 Å². The van der Waals surface area contributed by atoms with Crippen LogP contribution in [0.4, 0.5) is 5.69 Å². The van der Waals surface area contributed by atoms with Gasteiger partial charge in [-0.3, -0.25) is 4.79 Å². The number of hydrogen-bond donors (Lipinski definition) is 0. The molecule has 27 heavy (non-hydrogen) atoms. The van der Waals surface area contributed by atoms with Gasteiger partial charge in [-0.2, -0.15) is 0 Å². The standard InChI is InChI=1S/C21H23NO5/c1-13-9-10-16(11-14(13)2)26-15(3)20(23)22-12-19(21(24)25-4)27-18-8-6-5-7-17(18)22/h5-11,15,19H,12H2,1-4H3/t15-,19-/m1/s1. The van der Waals surface area contributed by atoms with Crippen LogP contribution in [0.3, 0.4) is 0 Å². The second-order valence-electron chi connectivity index (χ2n) is 6.55. The van der Waals surface area contributed by atoms with Crippen molar-refractivity contribution in [3.05, 3.63) is 53.6 Å². The van der Waals surface area contributed by atoms with Crippen LogP contribution in [0, 0.1) is 13.8 Å². The summed E-state index contributed by atoms with van der Waals surface area (Å²) in [7, 11) is 1.30. The van der Waals surface area contributed by atoms with Crippen LogP contribution in [0.25, 0.3) is 0 Å². The lowest BCUT2D eigenvalue weighted by atomic mass is 10.1. The first-order valence-corrected chi connectivity index (χ1v) is 8.79. The molecule has 3 rings (SSSR count). The van der Waals surface area contributed by atoms with Crippen molar-refractivity contribution in [3.63, 3.8) is 0 Å². The number of carbonyl (C=O) groups is 2. The van der Waals surface area contributed by atoms with Crippen LogP contribution in [0.2, 0.25) is 0 Å². The Hall–Kier alpha value is -3.02. The normalized spacial score (nSPS) is 16.7. The molecular formula is C21H23NO5. The highest BCUT2D eigenvalue weighted by molar-refractivity contribution is 5.99. The summed E-state index contributed by atoms with van der Waals surface area (Å²) in [4.78, 5) is 26.5. The second-order valence-corrected chi connectivity index (χ2v) is 6.55. The predicted octanol–water partition coefficient (Wildman–Crippen LogP) is 3.04. The van der Waals surface area contributed by atoms with Gasteiger partial charge >= 0.3 is 5.97 Å². The Morgan fingerprint density at radius 3 is 2.59 bits per heavy atom. The van der Waals surface area contributed by atoms with Gasteiger partial charge < -0.3 is 19.1 Å². The number of nitrogens with zero attached hydrogens (tertiary/aromatic N) is 1. The fourth-order valence-electron chi connectivity index (χ4n) is 2.96. The van der Waals surface area contributed by atoms with Crippen molar-refractivity contribution in [3.8, 4) is 11.5 Å². The van der Waals surface area contributed by atoms with Gasteiger partial charge in [0.1, 0.15) is 11.5 Å². The number of aryl methyl sites for hydroxylation is 2. The lowest BCUT2D eigenvalue weighted by Gasteiger charge is -2.34. The first-order chi connectivity index (χ1) is 12.9. The highest BCUT2D eigenvalue weighted by Crippen LogP contribution is 2.34. The Morgan fingerprint density at radius 2 is 1.89 bits per heavy atom. The van der Waals surface area contributed by atoms with Crippen molar-refractivity contribution >= 4 is 17.6 Å². The number of hydrogen-bond acceptors (Lipinski definition) is 5. The molecule has 2 aromatic rings. The fourth-order valence-corrected chi connectivity index (χ4v) is 2.96. The average Bonchev–Trinajstić information content (AvgIpc) is 2.68. The van der Waals surface area contributed by atoms with Gasteiger partial charge in [0.2, 0.25) is 6.10 Å². The monoisotopic (exact) mass is 369 g/mol. The van der Waals surface area contributed by atoms with Crippen molar-refractivity contribution in [1.29, 1.82) is 0 Å². The van der Waals surface area contributed by atoms with Gasteiger partial charge in [-0.25, -0.2) is 4.79 Å². The van der Waals surface area contributed by atoms with Crippen LogP contribution < -0.4 is 14.4 Å². The maximum Gasteiger partial charge on any atom is 0.348 e. The van der Waals surface area contributed by atoms with Crippen molar-refractivity contribution in [1.82, 2.24) is 0 Å². The zero-order valence-electron chi connectivity index (χ0n) is 15.9. The minimum Gasteiger partial charge on any atom is -0.481 e. The first kappa shape index (κ1) is 18.8. The van der Waals surface area contributed by atoms with E-state index in [1.165, 1.54) is 12.0 Å². The van der Waals surface area contributed by atoms with Crippen molar-refractivity contribution in [2.24, 2.45) is 0 Å². The SMILES string of the molecule is COC(=O)[C@H]1CN(C(=O)[C@@H](C)Oc2ccc(C)c(C)c2)c2ccccc2O1. The van der Waals surface area contributed by atoms with E-state index >= 15 is 0 Å². The summed E-state index contributed by atoms with van der Waals surface area (Å²) < 4.78 is 16.3. The van der Waals surface area contributed by atoms with E-state index in [0.717, 1.165) is 11.1 Å². The molecule has 1 aliphatic heterocycles. The number of benzene rings is 2. The van der Waals surface area contributed by atoms with Crippen LogP contribution in [0.1, 0.15) is 18.1 Å². The number of amides is 1. The zero-order valence-corrected chi connectivity index (χ0v) is 15.9. The largest absolute Gasteiger partial charge is 0.481 e. The third-order valence-electron chi connectivity index (χ3n) is 4.64. The lowest BCUT2D eigenvalue weighted by molar-refractivity contribution is -0.148.